The van der Waals surface area contributed by atoms with Crippen LogP contribution in [0, 0.1) is 0 Å². The molecule has 4 nitrogen and oxygen atoms in total. The highest BCUT2D eigenvalue weighted by molar-refractivity contribution is 6.29. The Morgan fingerprint density at radius 3 is 2.83 bits per heavy atom. The van der Waals surface area contributed by atoms with E-state index in [0.717, 1.165) is 11.3 Å². The van der Waals surface area contributed by atoms with Gasteiger partial charge < -0.3 is 0 Å². The monoisotopic (exact) mass is 180 g/mol. The Labute approximate surface area is 73.6 Å². The molecule has 0 amide bonds. The number of rotatable bonds is 1. The zero-order valence-corrected chi connectivity index (χ0v) is 6.78. The first-order valence-electron chi connectivity index (χ1n) is 3.33. The van der Waals surface area contributed by atoms with Crippen LogP contribution >= 0.6 is 11.6 Å². The molecule has 0 atom stereocenters. The smallest absolute Gasteiger partial charge is 0.148 e. The highest BCUT2D eigenvalue weighted by atomic mass is 35.5. The minimum Gasteiger partial charge on any atom is -0.285 e. The van der Waals surface area contributed by atoms with Crippen LogP contribution in [0.2, 0.25) is 5.15 Å². The van der Waals surface area contributed by atoms with Crippen LogP contribution in [0.15, 0.2) is 24.8 Å². The second-order valence-electron chi connectivity index (χ2n) is 2.21. The molecule has 0 aliphatic rings. The fourth-order valence-electron chi connectivity index (χ4n) is 0.872. The van der Waals surface area contributed by atoms with Crippen molar-refractivity contribution in [1.82, 2.24) is 20.2 Å². The molecule has 2 aromatic rings. The van der Waals surface area contributed by atoms with Gasteiger partial charge in [0.05, 0.1) is 24.3 Å². The summed E-state index contributed by atoms with van der Waals surface area (Å²) in [7, 11) is 0. The van der Waals surface area contributed by atoms with Gasteiger partial charge in [0.15, 0.2) is 0 Å². The zero-order valence-electron chi connectivity index (χ0n) is 6.03. The van der Waals surface area contributed by atoms with Gasteiger partial charge in [-0.05, 0) is 0 Å². The van der Waals surface area contributed by atoms with Gasteiger partial charge in [-0.15, -0.1) is 0 Å². The summed E-state index contributed by atoms with van der Waals surface area (Å²) in [6.45, 7) is 0. The van der Waals surface area contributed by atoms with E-state index >= 15 is 0 Å². The minimum absolute atomic E-state index is 0.383. The Kier molecular flexibility index (Phi) is 1.75. The van der Waals surface area contributed by atoms with E-state index in [-0.39, 0.29) is 0 Å². The van der Waals surface area contributed by atoms with Crippen molar-refractivity contribution in [3.05, 3.63) is 29.9 Å². The molecule has 0 unspecified atom stereocenters. The van der Waals surface area contributed by atoms with Gasteiger partial charge in [-0.2, -0.15) is 5.10 Å². The number of hydrogen-bond donors (Lipinski definition) is 1. The summed E-state index contributed by atoms with van der Waals surface area (Å²) in [4.78, 5) is 7.96. The first kappa shape index (κ1) is 7.24. The number of halogens is 1. The molecular weight excluding hydrogens is 176 g/mol. The molecule has 0 aliphatic heterocycles. The summed E-state index contributed by atoms with van der Waals surface area (Å²) in [6.07, 6.45) is 6.53. The van der Waals surface area contributed by atoms with E-state index in [4.69, 9.17) is 11.6 Å². The number of H-pyrrole nitrogens is 1. The third-order valence-electron chi connectivity index (χ3n) is 1.40. The molecule has 0 spiro atoms. The summed E-state index contributed by atoms with van der Waals surface area (Å²) in [6, 6.07) is 0. The molecule has 2 rings (SSSR count). The highest BCUT2D eigenvalue weighted by Gasteiger charge is 2.00. The molecule has 2 heterocycles. The summed E-state index contributed by atoms with van der Waals surface area (Å²) in [5.74, 6) is 0. The summed E-state index contributed by atoms with van der Waals surface area (Å²) in [5, 5.41) is 6.86. The van der Waals surface area contributed by atoms with E-state index in [1.165, 1.54) is 6.20 Å². The van der Waals surface area contributed by atoms with E-state index in [2.05, 4.69) is 20.2 Å². The molecule has 12 heavy (non-hydrogen) atoms. The quantitative estimate of drug-likeness (QED) is 0.724. The molecule has 0 fully saturated rings. The van der Waals surface area contributed by atoms with Gasteiger partial charge in [-0.3, -0.25) is 10.1 Å². The van der Waals surface area contributed by atoms with Gasteiger partial charge in [-0.1, -0.05) is 11.6 Å². The lowest BCUT2D eigenvalue weighted by atomic mass is 10.3. The van der Waals surface area contributed by atoms with Crippen LogP contribution in [0.3, 0.4) is 0 Å². The van der Waals surface area contributed by atoms with Crippen molar-refractivity contribution in [2.45, 2.75) is 0 Å². The maximum Gasteiger partial charge on any atom is 0.148 e. The van der Waals surface area contributed by atoms with Gasteiger partial charge in [0.2, 0.25) is 0 Å². The SMILES string of the molecule is Clc1cncc(-c2cn[nH]c2)n1. The third kappa shape index (κ3) is 1.29. The Morgan fingerprint density at radius 2 is 2.17 bits per heavy atom. The van der Waals surface area contributed by atoms with Crippen molar-refractivity contribution in [2.75, 3.05) is 0 Å². The number of nitrogens with one attached hydrogen (secondary N) is 1. The molecule has 0 saturated heterocycles. The molecule has 5 heteroatoms. The standard InChI is InChI=1S/C7H5ClN4/c8-7-4-9-3-6(12-7)5-1-10-11-2-5/h1-4H,(H,10,11). The maximum atomic E-state index is 5.66. The van der Waals surface area contributed by atoms with Crippen LogP contribution in [0.4, 0.5) is 0 Å². The lowest BCUT2D eigenvalue weighted by Gasteiger charge is -1.93. The lowest BCUT2D eigenvalue weighted by Crippen LogP contribution is -1.83. The van der Waals surface area contributed by atoms with Crippen molar-refractivity contribution in [3.63, 3.8) is 0 Å². The third-order valence-corrected chi connectivity index (χ3v) is 1.58. The van der Waals surface area contributed by atoms with Gasteiger partial charge in [0.1, 0.15) is 5.15 Å². The van der Waals surface area contributed by atoms with Crippen molar-refractivity contribution in [3.8, 4) is 11.3 Å². The molecular formula is C7H5ClN4. The number of aromatic nitrogens is 4. The average molecular weight is 181 g/mol. The van der Waals surface area contributed by atoms with Crippen molar-refractivity contribution in [2.24, 2.45) is 0 Å². The lowest BCUT2D eigenvalue weighted by molar-refractivity contribution is 1.09. The van der Waals surface area contributed by atoms with Crippen LogP contribution < -0.4 is 0 Å². The van der Waals surface area contributed by atoms with Gasteiger partial charge in [0, 0.05) is 11.8 Å². The van der Waals surface area contributed by atoms with Crippen LogP contribution in [0.25, 0.3) is 11.3 Å². The summed E-state index contributed by atoms with van der Waals surface area (Å²) >= 11 is 5.66. The molecule has 0 saturated carbocycles. The fourth-order valence-corrected chi connectivity index (χ4v) is 1.02. The summed E-state index contributed by atoms with van der Waals surface area (Å²) < 4.78 is 0. The van der Waals surface area contributed by atoms with Crippen LogP contribution in [-0.2, 0) is 0 Å². The fraction of sp³-hybridized carbons (Fsp3) is 0. The predicted molar refractivity (Wildman–Crippen MR) is 44.6 cm³/mol. The summed E-state index contributed by atoms with van der Waals surface area (Å²) in [5.41, 5.74) is 1.60. The molecule has 1 N–H and O–H groups in total. The Hall–Kier alpha value is -1.42. The first-order valence-corrected chi connectivity index (χ1v) is 3.71. The molecule has 60 valence electrons. The topological polar surface area (TPSA) is 54.5 Å². The predicted octanol–water partition coefficient (Wildman–Crippen LogP) is 1.52. The van der Waals surface area contributed by atoms with Crippen molar-refractivity contribution >= 4 is 11.6 Å². The van der Waals surface area contributed by atoms with Crippen molar-refractivity contribution < 1.29 is 0 Å². The van der Waals surface area contributed by atoms with Gasteiger partial charge in [-0.25, -0.2) is 4.98 Å². The zero-order chi connectivity index (χ0) is 8.39. The van der Waals surface area contributed by atoms with E-state index in [1.807, 2.05) is 0 Å². The Morgan fingerprint density at radius 1 is 1.25 bits per heavy atom. The minimum atomic E-state index is 0.383. The second kappa shape index (κ2) is 2.91. The van der Waals surface area contributed by atoms with Gasteiger partial charge >= 0.3 is 0 Å². The van der Waals surface area contributed by atoms with E-state index < -0.39 is 0 Å². The maximum absolute atomic E-state index is 5.66. The van der Waals surface area contributed by atoms with E-state index in [0.29, 0.717) is 5.15 Å². The first-order chi connectivity index (χ1) is 5.86. The second-order valence-corrected chi connectivity index (χ2v) is 2.60. The molecule has 0 aromatic carbocycles. The van der Waals surface area contributed by atoms with E-state index in [9.17, 15) is 0 Å². The average Bonchev–Trinajstić information content (AvgIpc) is 2.56. The molecule has 0 bridgehead atoms. The van der Waals surface area contributed by atoms with Crippen LogP contribution in [0.1, 0.15) is 0 Å². The molecule has 2 aromatic heterocycles. The number of nitrogens with zero attached hydrogens (tertiary/aromatic N) is 3. The molecule has 0 aliphatic carbocycles. The number of aromatic amines is 1. The van der Waals surface area contributed by atoms with Crippen LogP contribution in [-0.4, -0.2) is 20.2 Å². The van der Waals surface area contributed by atoms with Gasteiger partial charge in [0.25, 0.3) is 0 Å². The van der Waals surface area contributed by atoms with Crippen molar-refractivity contribution in [1.29, 1.82) is 0 Å². The normalized spacial score (nSPS) is 10.1. The Bertz CT molecular complexity index is 371. The number of hydrogen-bond acceptors (Lipinski definition) is 3. The molecule has 0 radical (unpaired) electrons. The van der Waals surface area contributed by atoms with Crippen LogP contribution in [0.5, 0.6) is 0 Å². The largest absolute Gasteiger partial charge is 0.285 e. The van der Waals surface area contributed by atoms with E-state index in [1.54, 1.807) is 18.6 Å². The highest BCUT2D eigenvalue weighted by Crippen LogP contribution is 2.14. The Balaban J connectivity index is 2.48.